The molecule has 0 saturated heterocycles. The minimum Gasteiger partial charge on any atom is -0.461 e. The number of hydrogen-bond acceptors (Lipinski definition) is 4. The topological polar surface area (TPSA) is 62.4 Å². The highest BCUT2D eigenvalue weighted by atomic mass is 35.5. The van der Waals surface area contributed by atoms with Crippen LogP contribution in [0.1, 0.15) is 33.3 Å². The molecule has 6 heteroatoms. The van der Waals surface area contributed by atoms with Gasteiger partial charge < -0.3 is 14.6 Å². The number of benzene rings is 1. The fourth-order valence-electron chi connectivity index (χ4n) is 2.19. The lowest BCUT2D eigenvalue weighted by Crippen LogP contribution is -2.09. The number of nitrogens with one attached hydrogen (secondary N) is 1. The first-order valence-electron chi connectivity index (χ1n) is 7.46. The number of hydrogen-bond donors (Lipinski definition) is 1. The molecular weight excluding hydrogens is 328 g/mol. The van der Waals surface area contributed by atoms with E-state index in [0.717, 1.165) is 0 Å². The maximum absolute atomic E-state index is 12.9. The number of carbonyl (C=O) groups excluding carboxylic acids is 2. The molecule has 5 nitrogen and oxygen atoms in total. The summed E-state index contributed by atoms with van der Waals surface area (Å²) in [7, 11) is 3.66. The summed E-state index contributed by atoms with van der Waals surface area (Å²) in [5.74, 6) is -0.699. The number of Topliss-reactive ketones (excluding diaryl/α,β-unsaturated/α-hetero) is 1. The Balaban J connectivity index is 2.37. The third-order valence-electron chi connectivity index (χ3n) is 3.21. The summed E-state index contributed by atoms with van der Waals surface area (Å²) < 4.78 is 4.92. The van der Waals surface area contributed by atoms with Crippen molar-refractivity contribution in [3.05, 3.63) is 64.6 Å². The van der Waals surface area contributed by atoms with Gasteiger partial charge in [-0.2, -0.15) is 0 Å². The van der Waals surface area contributed by atoms with E-state index >= 15 is 0 Å². The molecule has 1 aromatic carbocycles. The third-order valence-corrected chi connectivity index (χ3v) is 3.44. The maximum atomic E-state index is 12.9. The van der Waals surface area contributed by atoms with Crippen molar-refractivity contribution < 1.29 is 14.3 Å². The van der Waals surface area contributed by atoms with E-state index in [4.69, 9.17) is 16.3 Å². The molecule has 0 saturated carbocycles. The van der Waals surface area contributed by atoms with Gasteiger partial charge in [0.05, 0.1) is 6.61 Å². The second-order valence-electron chi connectivity index (χ2n) is 5.37. The predicted octanol–water partition coefficient (Wildman–Crippen LogP) is 3.63. The summed E-state index contributed by atoms with van der Waals surface area (Å²) in [6.45, 7) is 2.00. The van der Waals surface area contributed by atoms with Crippen molar-refractivity contribution >= 4 is 28.9 Å². The Morgan fingerprint density at radius 1 is 1.25 bits per heavy atom. The van der Waals surface area contributed by atoms with Crippen LogP contribution in [-0.4, -0.2) is 42.3 Å². The Hall–Kier alpha value is -2.53. The molecule has 0 radical (unpaired) electrons. The van der Waals surface area contributed by atoms with Crippen LogP contribution in [0, 0.1) is 0 Å². The molecule has 24 heavy (non-hydrogen) atoms. The molecule has 0 atom stereocenters. The monoisotopic (exact) mass is 346 g/mol. The lowest BCUT2D eigenvalue weighted by molar-refractivity contribution is 0.0520. The summed E-state index contributed by atoms with van der Waals surface area (Å²) in [4.78, 5) is 29.2. The zero-order chi connectivity index (χ0) is 17.7. The van der Waals surface area contributed by atoms with E-state index in [2.05, 4.69) is 4.98 Å². The SMILES string of the molecule is CCOC(=O)c1cc(C(=O)/C(=C\N(C)C)c2cccc(Cl)c2)c[nH]1. The van der Waals surface area contributed by atoms with Gasteiger partial charge in [-0.05, 0) is 30.7 Å². The van der Waals surface area contributed by atoms with Crippen LogP contribution in [0.4, 0.5) is 0 Å². The zero-order valence-electron chi connectivity index (χ0n) is 13.8. The number of rotatable bonds is 6. The lowest BCUT2D eigenvalue weighted by atomic mass is 9.99. The molecule has 0 fully saturated rings. The Morgan fingerprint density at radius 2 is 2.00 bits per heavy atom. The number of nitrogens with zero attached hydrogens (tertiary/aromatic N) is 1. The molecule has 0 aliphatic heterocycles. The fourth-order valence-corrected chi connectivity index (χ4v) is 2.38. The van der Waals surface area contributed by atoms with Gasteiger partial charge in [0, 0.05) is 42.7 Å². The normalized spacial score (nSPS) is 11.2. The van der Waals surface area contributed by atoms with Gasteiger partial charge in [0.2, 0.25) is 0 Å². The van der Waals surface area contributed by atoms with Crippen LogP contribution < -0.4 is 0 Å². The van der Waals surface area contributed by atoms with E-state index in [9.17, 15) is 9.59 Å². The van der Waals surface area contributed by atoms with Crippen molar-refractivity contribution in [1.29, 1.82) is 0 Å². The molecule has 1 heterocycles. The Morgan fingerprint density at radius 3 is 2.62 bits per heavy atom. The van der Waals surface area contributed by atoms with Gasteiger partial charge >= 0.3 is 5.97 Å². The quantitative estimate of drug-likeness (QED) is 0.493. The highest BCUT2D eigenvalue weighted by Gasteiger charge is 2.19. The molecule has 0 spiro atoms. The molecule has 0 bridgehead atoms. The summed E-state index contributed by atoms with van der Waals surface area (Å²) in [6, 6.07) is 8.58. The number of ketones is 1. The minimum atomic E-state index is -0.488. The van der Waals surface area contributed by atoms with Crippen molar-refractivity contribution in [1.82, 2.24) is 9.88 Å². The first-order valence-corrected chi connectivity index (χ1v) is 7.84. The highest BCUT2D eigenvalue weighted by molar-refractivity contribution is 6.32. The molecule has 1 N–H and O–H groups in total. The molecule has 0 aliphatic carbocycles. The largest absolute Gasteiger partial charge is 0.461 e. The van der Waals surface area contributed by atoms with Gasteiger partial charge in [-0.15, -0.1) is 0 Å². The number of ether oxygens (including phenoxy) is 1. The molecule has 2 rings (SSSR count). The standard InChI is InChI=1S/C18H19ClN2O3/c1-4-24-18(23)16-9-13(10-20-16)17(22)15(11-21(2)3)12-6-5-7-14(19)8-12/h5-11,20H,4H2,1-3H3/b15-11-. The molecule has 2 aromatic rings. The third kappa shape index (κ3) is 4.26. The van der Waals surface area contributed by atoms with Crippen LogP contribution in [0.2, 0.25) is 5.02 Å². The van der Waals surface area contributed by atoms with E-state index in [1.54, 1.807) is 36.2 Å². The number of aromatic amines is 1. The Bertz CT molecular complexity index is 778. The van der Waals surface area contributed by atoms with Gasteiger partial charge in [0.25, 0.3) is 0 Å². The summed E-state index contributed by atoms with van der Waals surface area (Å²) in [5.41, 5.74) is 1.82. The van der Waals surface area contributed by atoms with E-state index < -0.39 is 5.97 Å². The highest BCUT2D eigenvalue weighted by Crippen LogP contribution is 2.23. The average Bonchev–Trinajstić information content (AvgIpc) is 3.02. The summed E-state index contributed by atoms with van der Waals surface area (Å²) in [6.07, 6.45) is 3.23. The van der Waals surface area contributed by atoms with E-state index in [0.29, 0.717) is 21.7 Å². The summed E-state index contributed by atoms with van der Waals surface area (Å²) in [5, 5.41) is 0.547. The second-order valence-corrected chi connectivity index (χ2v) is 5.80. The van der Waals surface area contributed by atoms with Crippen molar-refractivity contribution in [2.24, 2.45) is 0 Å². The molecule has 0 aliphatic rings. The number of carbonyl (C=O) groups is 2. The van der Waals surface area contributed by atoms with Crippen LogP contribution in [0.5, 0.6) is 0 Å². The number of esters is 1. The van der Waals surface area contributed by atoms with Crippen LogP contribution in [0.3, 0.4) is 0 Å². The van der Waals surface area contributed by atoms with E-state index in [-0.39, 0.29) is 18.1 Å². The molecule has 1 aromatic heterocycles. The Labute approximate surface area is 145 Å². The first-order chi connectivity index (χ1) is 11.4. The fraction of sp³-hybridized carbons (Fsp3) is 0.222. The van der Waals surface area contributed by atoms with Crippen LogP contribution in [0.25, 0.3) is 5.57 Å². The van der Waals surface area contributed by atoms with Gasteiger partial charge in [0.1, 0.15) is 5.69 Å². The number of allylic oxidation sites excluding steroid dienone is 1. The molecule has 126 valence electrons. The van der Waals surface area contributed by atoms with E-state index in [1.165, 1.54) is 12.3 Å². The Kier molecular flexibility index (Phi) is 5.82. The number of H-pyrrole nitrogens is 1. The van der Waals surface area contributed by atoms with Crippen LogP contribution in [0.15, 0.2) is 42.7 Å². The van der Waals surface area contributed by atoms with Crippen LogP contribution in [-0.2, 0) is 4.74 Å². The molecule has 0 amide bonds. The minimum absolute atomic E-state index is 0.210. The van der Waals surface area contributed by atoms with Crippen LogP contribution >= 0.6 is 11.6 Å². The van der Waals surface area contributed by atoms with Gasteiger partial charge in [-0.25, -0.2) is 4.79 Å². The van der Waals surface area contributed by atoms with Gasteiger partial charge in [-0.1, -0.05) is 23.7 Å². The molecule has 0 unspecified atom stereocenters. The second kappa shape index (κ2) is 7.84. The van der Waals surface area contributed by atoms with Crippen molar-refractivity contribution in [3.63, 3.8) is 0 Å². The first kappa shape index (κ1) is 17.8. The van der Waals surface area contributed by atoms with E-state index in [1.807, 2.05) is 20.2 Å². The number of halogens is 1. The van der Waals surface area contributed by atoms with Gasteiger partial charge in [0.15, 0.2) is 5.78 Å². The van der Waals surface area contributed by atoms with Crippen molar-refractivity contribution in [2.45, 2.75) is 6.92 Å². The average molecular weight is 347 g/mol. The summed E-state index contributed by atoms with van der Waals surface area (Å²) >= 11 is 6.04. The molecular formula is C18H19ClN2O3. The lowest BCUT2D eigenvalue weighted by Gasteiger charge is -2.11. The zero-order valence-corrected chi connectivity index (χ0v) is 14.6. The predicted molar refractivity (Wildman–Crippen MR) is 94.2 cm³/mol. The van der Waals surface area contributed by atoms with Crippen molar-refractivity contribution in [2.75, 3.05) is 20.7 Å². The smallest absolute Gasteiger partial charge is 0.354 e. The van der Waals surface area contributed by atoms with Crippen molar-refractivity contribution in [3.8, 4) is 0 Å². The maximum Gasteiger partial charge on any atom is 0.354 e. The number of aromatic nitrogens is 1. The van der Waals surface area contributed by atoms with Gasteiger partial charge in [-0.3, -0.25) is 4.79 Å².